The summed E-state index contributed by atoms with van der Waals surface area (Å²) in [5.41, 5.74) is 4.36. The van der Waals surface area contributed by atoms with Gasteiger partial charge in [0.15, 0.2) is 0 Å². The minimum atomic E-state index is -4.47. The van der Waals surface area contributed by atoms with Gasteiger partial charge >= 0.3 is 12.1 Å². The van der Waals surface area contributed by atoms with Gasteiger partial charge in [-0.15, -0.1) is 0 Å². The number of aryl methyl sites for hydroxylation is 1. The molecular formula is C27H25F3N2O3. The number of anilines is 1. The maximum absolute atomic E-state index is 13.1. The summed E-state index contributed by atoms with van der Waals surface area (Å²) in [5, 5.41) is 11.9. The summed E-state index contributed by atoms with van der Waals surface area (Å²) in [6.07, 6.45) is 0.220. The van der Waals surface area contributed by atoms with E-state index in [1.807, 2.05) is 19.1 Å². The monoisotopic (exact) mass is 482 g/mol. The van der Waals surface area contributed by atoms with Crippen LogP contribution in [0.3, 0.4) is 0 Å². The van der Waals surface area contributed by atoms with Crippen molar-refractivity contribution in [3.05, 3.63) is 82.7 Å². The molecular weight excluding hydrogens is 457 g/mol. The van der Waals surface area contributed by atoms with Gasteiger partial charge in [0.05, 0.1) is 12.0 Å². The molecule has 8 heteroatoms. The maximum Gasteiger partial charge on any atom is 0.417 e. The van der Waals surface area contributed by atoms with E-state index in [1.165, 1.54) is 6.20 Å². The first-order valence-corrected chi connectivity index (χ1v) is 11.4. The number of halogens is 3. The van der Waals surface area contributed by atoms with Crippen molar-refractivity contribution in [2.75, 3.05) is 5.32 Å². The molecule has 2 aromatic carbocycles. The van der Waals surface area contributed by atoms with Crippen molar-refractivity contribution in [2.45, 2.75) is 51.1 Å². The SMILES string of the molecule is Cc1c(CCC(=O)O)cccc1NC(=O)Cc1ccc(-c2cncc(C(F)(F)F)c2)cc1C1CC1. The zero-order valence-electron chi connectivity index (χ0n) is 19.2. The molecule has 2 N–H and O–H groups in total. The fraction of sp³-hybridized carbons (Fsp3) is 0.296. The normalized spacial score (nSPS) is 13.5. The Hall–Kier alpha value is -3.68. The Balaban J connectivity index is 1.53. The predicted octanol–water partition coefficient (Wildman–Crippen LogP) is 6.15. The summed E-state index contributed by atoms with van der Waals surface area (Å²) in [7, 11) is 0. The molecule has 1 aromatic heterocycles. The van der Waals surface area contributed by atoms with Crippen LogP contribution >= 0.6 is 0 Å². The number of nitrogens with one attached hydrogen (secondary N) is 1. The van der Waals surface area contributed by atoms with E-state index in [0.29, 0.717) is 23.2 Å². The minimum absolute atomic E-state index is 0.0106. The Labute approximate surface area is 201 Å². The number of hydrogen-bond acceptors (Lipinski definition) is 3. The number of carbonyl (C=O) groups is 2. The van der Waals surface area contributed by atoms with E-state index < -0.39 is 17.7 Å². The van der Waals surface area contributed by atoms with Crippen LogP contribution in [0, 0.1) is 6.92 Å². The van der Waals surface area contributed by atoms with Crippen LogP contribution in [0.4, 0.5) is 18.9 Å². The number of benzene rings is 2. The molecule has 0 radical (unpaired) electrons. The molecule has 0 bridgehead atoms. The number of pyridine rings is 1. The molecule has 1 amide bonds. The Bertz CT molecular complexity index is 1270. The number of amides is 1. The minimum Gasteiger partial charge on any atom is -0.481 e. The van der Waals surface area contributed by atoms with Crippen LogP contribution in [0.15, 0.2) is 54.9 Å². The topological polar surface area (TPSA) is 79.3 Å². The average Bonchev–Trinajstić information content (AvgIpc) is 3.65. The molecule has 0 unspecified atom stereocenters. The molecule has 0 spiro atoms. The van der Waals surface area contributed by atoms with Gasteiger partial charge in [-0.25, -0.2) is 0 Å². The Kier molecular flexibility index (Phi) is 6.91. The van der Waals surface area contributed by atoms with Gasteiger partial charge in [-0.3, -0.25) is 14.6 Å². The van der Waals surface area contributed by atoms with Crippen LogP contribution in [-0.4, -0.2) is 22.0 Å². The third-order valence-electron chi connectivity index (χ3n) is 6.24. The van der Waals surface area contributed by atoms with Gasteiger partial charge in [0.2, 0.25) is 5.91 Å². The van der Waals surface area contributed by atoms with Crippen molar-refractivity contribution in [1.29, 1.82) is 0 Å². The van der Waals surface area contributed by atoms with Gasteiger partial charge < -0.3 is 10.4 Å². The van der Waals surface area contributed by atoms with Gasteiger partial charge in [0.1, 0.15) is 0 Å². The highest BCUT2D eigenvalue weighted by atomic mass is 19.4. The lowest BCUT2D eigenvalue weighted by Crippen LogP contribution is -2.16. The van der Waals surface area contributed by atoms with E-state index in [1.54, 1.807) is 24.3 Å². The van der Waals surface area contributed by atoms with Gasteiger partial charge in [-0.2, -0.15) is 13.2 Å². The standard InChI is InChI=1S/C27H25F3N2O3/c1-16-17(9-10-26(34)35)3-2-4-24(16)32-25(33)13-20-8-7-19(12-23(20)18-5-6-18)21-11-22(15-31-14-21)27(28,29)30/h2-4,7-8,11-12,14-15,18H,5-6,9-10,13H2,1H3,(H,32,33)(H,34,35). The quantitative estimate of drug-likeness (QED) is 0.404. The smallest absolute Gasteiger partial charge is 0.417 e. The van der Waals surface area contributed by atoms with E-state index >= 15 is 0 Å². The highest BCUT2D eigenvalue weighted by Crippen LogP contribution is 2.43. The predicted molar refractivity (Wildman–Crippen MR) is 126 cm³/mol. The Morgan fingerprint density at radius 3 is 2.51 bits per heavy atom. The van der Waals surface area contributed by atoms with Gasteiger partial charge in [-0.1, -0.05) is 30.3 Å². The number of aliphatic carboxylic acids is 1. The fourth-order valence-corrected chi connectivity index (χ4v) is 4.16. The second kappa shape index (κ2) is 9.90. The summed E-state index contributed by atoms with van der Waals surface area (Å²) >= 11 is 0. The second-order valence-electron chi connectivity index (χ2n) is 8.86. The highest BCUT2D eigenvalue weighted by Gasteiger charge is 2.31. The number of alkyl halides is 3. The Morgan fingerprint density at radius 1 is 1.06 bits per heavy atom. The molecule has 1 aliphatic carbocycles. The first-order valence-electron chi connectivity index (χ1n) is 11.4. The lowest BCUT2D eigenvalue weighted by molar-refractivity contribution is -0.138. The first-order chi connectivity index (χ1) is 16.6. The van der Waals surface area contributed by atoms with E-state index in [0.717, 1.165) is 47.4 Å². The average molecular weight is 483 g/mol. The van der Waals surface area contributed by atoms with E-state index in [2.05, 4.69) is 10.3 Å². The molecule has 0 saturated heterocycles. The summed E-state index contributed by atoms with van der Waals surface area (Å²) in [4.78, 5) is 27.5. The van der Waals surface area contributed by atoms with Gasteiger partial charge in [-0.05, 0) is 72.1 Å². The summed E-state index contributed by atoms with van der Waals surface area (Å²) < 4.78 is 39.3. The molecule has 1 heterocycles. The van der Waals surface area contributed by atoms with Crippen LogP contribution in [0.2, 0.25) is 0 Å². The molecule has 5 nitrogen and oxygen atoms in total. The lowest BCUT2D eigenvalue weighted by Gasteiger charge is -2.15. The summed E-state index contributed by atoms with van der Waals surface area (Å²) in [5.74, 6) is -0.799. The van der Waals surface area contributed by atoms with E-state index in [9.17, 15) is 22.8 Å². The largest absolute Gasteiger partial charge is 0.481 e. The molecule has 182 valence electrons. The van der Waals surface area contributed by atoms with Gasteiger partial charge in [0, 0.05) is 30.1 Å². The van der Waals surface area contributed by atoms with Crippen LogP contribution < -0.4 is 5.32 Å². The van der Waals surface area contributed by atoms with Crippen molar-refractivity contribution < 1.29 is 27.9 Å². The zero-order valence-corrected chi connectivity index (χ0v) is 19.2. The summed E-state index contributed by atoms with van der Waals surface area (Å²) in [6, 6.07) is 11.9. The van der Waals surface area contributed by atoms with Gasteiger partial charge in [0.25, 0.3) is 0 Å². The Morgan fingerprint density at radius 2 is 1.83 bits per heavy atom. The fourth-order valence-electron chi connectivity index (χ4n) is 4.16. The molecule has 1 saturated carbocycles. The molecule has 3 aromatic rings. The highest BCUT2D eigenvalue weighted by molar-refractivity contribution is 5.93. The third-order valence-corrected chi connectivity index (χ3v) is 6.24. The van der Waals surface area contributed by atoms with Crippen molar-refractivity contribution in [3.8, 4) is 11.1 Å². The number of nitrogens with zero attached hydrogens (tertiary/aromatic N) is 1. The van der Waals surface area contributed by atoms with Crippen LogP contribution in [0.25, 0.3) is 11.1 Å². The molecule has 1 aliphatic rings. The number of carboxylic acids is 1. The number of hydrogen-bond donors (Lipinski definition) is 2. The molecule has 35 heavy (non-hydrogen) atoms. The van der Waals surface area contributed by atoms with Crippen molar-refractivity contribution >= 4 is 17.6 Å². The number of carbonyl (C=O) groups excluding carboxylic acids is 1. The van der Waals surface area contributed by atoms with E-state index in [-0.39, 0.29) is 24.7 Å². The second-order valence-corrected chi connectivity index (χ2v) is 8.86. The van der Waals surface area contributed by atoms with Crippen molar-refractivity contribution in [1.82, 2.24) is 4.98 Å². The van der Waals surface area contributed by atoms with Crippen molar-refractivity contribution in [3.63, 3.8) is 0 Å². The third kappa shape index (κ3) is 6.07. The van der Waals surface area contributed by atoms with Crippen LogP contribution in [0.1, 0.15) is 53.0 Å². The summed E-state index contributed by atoms with van der Waals surface area (Å²) in [6.45, 7) is 1.85. The lowest BCUT2D eigenvalue weighted by atomic mass is 9.94. The maximum atomic E-state index is 13.1. The first kappa shape index (κ1) is 24.4. The molecule has 1 fully saturated rings. The van der Waals surface area contributed by atoms with Crippen LogP contribution in [-0.2, 0) is 28.6 Å². The zero-order chi connectivity index (χ0) is 25.2. The number of carboxylic acid groups (broad SMARTS) is 1. The van der Waals surface area contributed by atoms with Crippen LogP contribution in [0.5, 0.6) is 0 Å². The molecule has 4 rings (SSSR count). The number of aromatic nitrogens is 1. The van der Waals surface area contributed by atoms with Crippen molar-refractivity contribution in [2.24, 2.45) is 0 Å². The molecule has 0 aliphatic heterocycles. The van der Waals surface area contributed by atoms with E-state index in [4.69, 9.17) is 5.11 Å². The molecule has 0 atom stereocenters. The number of rotatable bonds is 8.